The number of rotatable bonds is 3. The van der Waals surface area contributed by atoms with Crippen LogP contribution in [0, 0.1) is 5.92 Å². The molecule has 0 saturated carbocycles. The highest BCUT2D eigenvalue weighted by Crippen LogP contribution is 2.31. The predicted molar refractivity (Wildman–Crippen MR) is 71.3 cm³/mol. The lowest BCUT2D eigenvalue weighted by Crippen LogP contribution is -2.59. The number of amides is 1. The molecule has 2 aliphatic rings. The van der Waals surface area contributed by atoms with Crippen LogP contribution in [0.3, 0.4) is 0 Å². The zero-order valence-corrected chi connectivity index (χ0v) is 12.1. The Morgan fingerprint density at radius 1 is 1.19 bits per heavy atom. The molecule has 2 N–H and O–H groups in total. The maximum atomic E-state index is 12.3. The Morgan fingerprint density at radius 2 is 1.90 bits per heavy atom. The zero-order valence-electron chi connectivity index (χ0n) is 12.1. The first-order valence-corrected chi connectivity index (χ1v) is 7.32. The molecule has 0 radical (unpaired) electrons. The van der Waals surface area contributed by atoms with Crippen molar-refractivity contribution in [2.24, 2.45) is 5.92 Å². The third kappa shape index (κ3) is 2.94. The van der Waals surface area contributed by atoms with Gasteiger partial charge in [-0.1, -0.05) is 6.92 Å². The van der Waals surface area contributed by atoms with Crippen molar-refractivity contribution in [1.29, 1.82) is 0 Å². The lowest BCUT2D eigenvalue weighted by Gasteiger charge is -2.38. The van der Waals surface area contributed by atoms with E-state index in [0.29, 0.717) is 32.1 Å². The molecule has 7 heteroatoms. The van der Waals surface area contributed by atoms with Crippen LogP contribution < -0.4 is 0 Å². The summed E-state index contributed by atoms with van der Waals surface area (Å²) in [4.78, 5) is 36.9. The van der Waals surface area contributed by atoms with Gasteiger partial charge in [-0.25, -0.2) is 4.79 Å². The molecule has 2 heterocycles. The first-order chi connectivity index (χ1) is 9.88. The van der Waals surface area contributed by atoms with E-state index in [1.807, 2.05) is 0 Å². The van der Waals surface area contributed by atoms with Crippen LogP contribution in [0.25, 0.3) is 0 Å². The fourth-order valence-electron chi connectivity index (χ4n) is 2.96. The summed E-state index contributed by atoms with van der Waals surface area (Å²) in [5, 5.41) is 19.5. The van der Waals surface area contributed by atoms with E-state index in [0.717, 1.165) is 4.90 Å². The van der Waals surface area contributed by atoms with Gasteiger partial charge >= 0.3 is 5.97 Å². The van der Waals surface area contributed by atoms with E-state index in [9.17, 15) is 19.5 Å². The minimum atomic E-state index is -2.13. The largest absolute Gasteiger partial charge is 0.480 e. The first kappa shape index (κ1) is 15.9. The van der Waals surface area contributed by atoms with Gasteiger partial charge in [0.25, 0.3) is 11.7 Å². The smallest absolute Gasteiger partial charge is 0.326 e. The number of nitrogens with zero attached hydrogens (tertiary/aromatic N) is 1. The number of piperidine rings is 1. The van der Waals surface area contributed by atoms with Gasteiger partial charge in [-0.05, 0) is 32.1 Å². The van der Waals surface area contributed by atoms with Crippen LogP contribution in [0.5, 0.6) is 0 Å². The molecule has 21 heavy (non-hydrogen) atoms. The van der Waals surface area contributed by atoms with Crippen molar-refractivity contribution in [2.45, 2.75) is 50.9 Å². The number of ether oxygens (including phenoxy) is 1. The summed E-state index contributed by atoms with van der Waals surface area (Å²) in [6.45, 7) is 2.07. The molecule has 0 aromatic rings. The molecule has 0 spiro atoms. The van der Waals surface area contributed by atoms with E-state index in [-0.39, 0.29) is 13.2 Å². The van der Waals surface area contributed by atoms with E-state index in [1.165, 1.54) is 0 Å². The Morgan fingerprint density at radius 3 is 2.52 bits per heavy atom. The van der Waals surface area contributed by atoms with E-state index < -0.39 is 35.4 Å². The number of hydrogen-bond acceptors (Lipinski definition) is 5. The molecule has 1 amide bonds. The molecular weight excluding hydrogens is 278 g/mol. The maximum Gasteiger partial charge on any atom is 0.326 e. The number of aliphatic hydroxyl groups is 1. The molecule has 0 aliphatic carbocycles. The van der Waals surface area contributed by atoms with Crippen molar-refractivity contribution >= 4 is 17.7 Å². The van der Waals surface area contributed by atoms with Gasteiger partial charge in [-0.3, -0.25) is 9.59 Å². The third-order valence-corrected chi connectivity index (χ3v) is 4.34. The normalized spacial score (nSPS) is 33.5. The number of carboxylic acids is 1. The summed E-state index contributed by atoms with van der Waals surface area (Å²) in [7, 11) is 0. The number of likely N-dealkylation sites (tertiary alicyclic amines) is 1. The monoisotopic (exact) mass is 299 g/mol. The van der Waals surface area contributed by atoms with Crippen molar-refractivity contribution in [2.75, 3.05) is 13.2 Å². The quantitative estimate of drug-likeness (QED) is 0.719. The average molecular weight is 299 g/mol. The average Bonchev–Trinajstić information content (AvgIpc) is 2.48. The summed E-state index contributed by atoms with van der Waals surface area (Å²) in [5.41, 5.74) is 0. The van der Waals surface area contributed by atoms with Crippen molar-refractivity contribution in [3.05, 3.63) is 0 Å². The molecule has 2 fully saturated rings. The van der Waals surface area contributed by atoms with Crippen molar-refractivity contribution < 1.29 is 29.3 Å². The van der Waals surface area contributed by atoms with Gasteiger partial charge in [0.1, 0.15) is 6.04 Å². The van der Waals surface area contributed by atoms with E-state index in [2.05, 4.69) is 0 Å². The highest BCUT2D eigenvalue weighted by atomic mass is 16.6. The molecule has 3 atom stereocenters. The first-order valence-electron chi connectivity index (χ1n) is 7.32. The Kier molecular flexibility index (Phi) is 4.63. The number of carbonyl (C=O) groups is 3. The SMILES string of the molecule is CC1CCCO[C@@]1(O)C(=O)C(=O)N1CCCCC1C(=O)O. The molecule has 0 aromatic carbocycles. The standard InChI is InChI=1S/C14H21NO6/c1-9-5-4-8-21-14(9,20)11(16)12(17)15-7-3-2-6-10(15)13(18)19/h9-10,20H,2-8H2,1H3,(H,18,19)/t9?,10?,14-/m1/s1. The number of ketones is 1. The highest BCUT2D eigenvalue weighted by molar-refractivity contribution is 6.39. The highest BCUT2D eigenvalue weighted by Gasteiger charge is 2.50. The minimum Gasteiger partial charge on any atom is -0.480 e. The van der Waals surface area contributed by atoms with Crippen molar-refractivity contribution in [1.82, 2.24) is 4.90 Å². The third-order valence-electron chi connectivity index (χ3n) is 4.34. The topological polar surface area (TPSA) is 104 Å². The summed E-state index contributed by atoms with van der Waals surface area (Å²) < 4.78 is 5.16. The van der Waals surface area contributed by atoms with Gasteiger partial charge in [-0.15, -0.1) is 0 Å². The van der Waals surface area contributed by atoms with Crippen LogP contribution in [0.1, 0.15) is 39.0 Å². The van der Waals surface area contributed by atoms with Crippen LogP contribution in [-0.4, -0.2) is 57.8 Å². The summed E-state index contributed by atoms with van der Waals surface area (Å²) in [6.07, 6.45) is 2.97. The van der Waals surface area contributed by atoms with E-state index in [1.54, 1.807) is 6.92 Å². The summed E-state index contributed by atoms with van der Waals surface area (Å²) in [6, 6.07) is -1.00. The van der Waals surface area contributed by atoms with Crippen LogP contribution in [-0.2, 0) is 19.1 Å². The van der Waals surface area contributed by atoms with Crippen LogP contribution in [0.2, 0.25) is 0 Å². The molecule has 2 rings (SSSR count). The van der Waals surface area contributed by atoms with Gasteiger partial charge in [0, 0.05) is 12.5 Å². The van der Waals surface area contributed by atoms with Gasteiger partial charge in [-0.2, -0.15) is 0 Å². The molecule has 2 aliphatic heterocycles. The summed E-state index contributed by atoms with van der Waals surface area (Å²) >= 11 is 0. The van der Waals surface area contributed by atoms with Crippen molar-refractivity contribution in [3.63, 3.8) is 0 Å². The van der Waals surface area contributed by atoms with Crippen LogP contribution >= 0.6 is 0 Å². The van der Waals surface area contributed by atoms with Gasteiger partial charge in [0.2, 0.25) is 5.79 Å². The second-order valence-electron chi connectivity index (χ2n) is 5.77. The molecular formula is C14H21NO6. The van der Waals surface area contributed by atoms with Crippen LogP contribution in [0.4, 0.5) is 0 Å². The van der Waals surface area contributed by atoms with E-state index in [4.69, 9.17) is 9.84 Å². The number of Topliss-reactive ketones (excluding diaryl/α,β-unsaturated/α-hetero) is 1. The van der Waals surface area contributed by atoms with E-state index >= 15 is 0 Å². The minimum absolute atomic E-state index is 0.211. The zero-order chi connectivity index (χ0) is 15.6. The van der Waals surface area contributed by atoms with Gasteiger partial charge in [0.05, 0.1) is 6.61 Å². The fraction of sp³-hybridized carbons (Fsp3) is 0.786. The second-order valence-corrected chi connectivity index (χ2v) is 5.77. The Balaban J connectivity index is 2.17. The lowest BCUT2D eigenvalue weighted by molar-refractivity contribution is -0.240. The molecule has 0 aromatic heterocycles. The predicted octanol–water partition coefficient (Wildman–Crippen LogP) is 0.156. The molecule has 2 unspecified atom stereocenters. The second kappa shape index (κ2) is 6.11. The Hall–Kier alpha value is -1.47. The Labute approximate surface area is 122 Å². The maximum absolute atomic E-state index is 12.3. The summed E-state index contributed by atoms with van der Waals surface area (Å²) in [5.74, 6) is -5.76. The lowest BCUT2D eigenvalue weighted by atomic mass is 9.88. The fourth-order valence-corrected chi connectivity index (χ4v) is 2.96. The number of aliphatic carboxylic acids is 1. The molecule has 0 bridgehead atoms. The number of carbonyl (C=O) groups excluding carboxylic acids is 2. The number of carboxylic acid groups (broad SMARTS) is 1. The molecule has 118 valence electrons. The Bertz CT molecular complexity index is 451. The van der Waals surface area contributed by atoms with Gasteiger partial charge < -0.3 is 19.8 Å². The molecule has 2 saturated heterocycles. The van der Waals surface area contributed by atoms with Crippen LogP contribution in [0.15, 0.2) is 0 Å². The molecule has 7 nitrogen and oxygen atoms in total. The van der Waals surface area contributed by atoms with Crippen molar-refractivity contribution in [3.8, 4) is 0 Å². The van der Waals surface area contributed by atoms with Gasteiger partial charge in [0.15, 0.2) is 0 Å². The number of hydrogen-bond donors (Lipinski definition) is 2.